The predicted octanol–water partition coefficient (Wildman–Crippen LogP) is 3.15. The normalized spacial score (nSPS) is 14.0. The van der Waals surface area contributed by atoms with Gasteiger partial charge in [-0.3, -0.25) is 4.79 Å². The lowest BCUT2D eigenvalue weighted by Gasteiger charge is -2.35. The van der Waals surface area contributed by atoms with E-state index in [0.717, 1.165) is 18.0 Å². The molecule has 3 heterocycles. The molecule has 1 aliphatic rings. The molecule has 3 aromatic rings. The van der Waals surface area contributed by atoms with Gasteiger partial charge < -0.3 is 20.4 Å². The monoisotopic (exact) mass is 487 g/mol. The van der Waals surface area contributed by atoms with E-state index in [0.29, 0.717) is 26.2 Å². The Morgan fingerprint density at radius 3 is 2.46 bits per heavy atom. The van der Waals surface area contributed by atoms with Gasteiger partial charge in [0.25, 0.3) is 0 Å². The molecule has 9 nitrogen and oxygen atoms in total. The van der Waals surface area contributed by atoms with Gasteiger partial charge >= 0.3 is 12.2 Å². The Kier molecular flexibility index (Phi) is 7.18. The van der Waals surface area contributed by atoms with Crippen LogP contribution in [-0.2, 0) is 11.0 Å². The zero-order valence-corrected chi connectivity index (χ0v) is 18.7. The van der Waals surface area contributed by atoms with E-state index < -0.39 is 17.8 Å². The predicted molar refractivity (Wildman–Crippen MR) is 123 cm³/mol. The number of carbonyl (C=O) groups is 2. The van der Waals surface area contributed by atoms with Crippen molar-refractivity contribution in [1.29, 1.82) is 0 Å². The van der Waals surface area contributed by atoms with E-state index in [9.17, 15) is 22.8 Å². The fourth-order valence-electron chi connectivity index (χ4n) is 3.76. The molecule has 1 aliphatic heterocycles. The highest BCUT2D eigenvalue weighted by molar-refractivity contribution is 5.92. The summed E-state index contributed by atoms with van der Waals surface area (Å²) < 4.78 is 40.9. The lowest BCUT2D eigenvalue weighted by Crippen LogP contribution is -2.49. The second-order valence-corrected chi connectivity index (χ2v) is 7.87. The first-order chi connectivity index (χ1) is 16.8. The number of nitrogens with one attached hydrogen (secondary N) is 2. The molecule has 3 amide bonds. The first kappa shape index (κ1) is 24.0. The van der Waals surface area contributed by atoms with Crippen LogP contribution in [0.15, 0.2) is 61.1 Å². The molecule has 2 aromatic heterocycles. The van der Waals surface area contributed by atoms with Crippen LogP contribution >= 0.6 is 0 Å². The number of alkyl halides is 3. The Bertz CT molecular complexity index is 1150. The lowest BCUT2D eigenvalue weighted by atomic mass is 10.1. The summed E-state index contributed by atoms with van der Waals surface area (Å²) in [6.07, 6.45) is 0.260. The zero-order valence-electron chi connectivity index (χ0n) is 18.7. The van der Waals surface area contributed by atoms with Gasteiger partial charge in [-0.2, -0.15) is 18.3 Å². The Hall–Kier alpha value is -4.09. The summed E-state index contributed by atoms with van der Waals surface area (Å²) in [5, 5.41) is 8.99. The molecule has 0 aliphatic carbocycles. The maximum absolute atomic E-state index is 13.2. The molecule has 1 saturated heterocycles. The minimum absolute atomic E-state index is 0.0428. The number of amides is 3. The zero-order chi connectivity index (χ0) is 24.8. The molecule has 0 saturated carbocycles. The van der Waals surface area contributed by atoms with Crippen molar-refractivity contribution in [1.82, 2.24) is 25.0 Å². The van der Waals surface area contributed by atoms with Crippen LogP contribution in [0.5, 0.6) is 0 Å². The second-order valence-electron chi connectivity index (χ2n) is 7.87. The maximum atomic E-state index is 13.2. The molecule has 0 spiro atoms. The van der Waals surface area contributed by atoms with Crippen LogP contribution < -0.4 is 15.5 Å². The van der Waals surface area contributed by atoms with Gasteiger partial charge in [0.05, 0.1) is 16.9 Å². The van der Waals surface area contributed by atoms with E-state index in [1.165, 1.54) is 16.9 Å². The highest BCUT2D eigenvalue weighted by atomic mass is 19.4. The van der Waals surface area contributed by atoms with Crippen LogP contribution in [-0.4, -0.2) is 64.3 Å². The molecule has 0 unspecified atom stereocenters. The van der Waals surface area contributed by atoms with Crippen LogP contribution in [0.3, 0.4) is 0 Å². The first-order valence-electron chi connectivity index (χ1n) is 11.0. The minimum Gasteiger partial charge on any atom is -0.353 e. The number of pyridine rings is 1. The summed E-state index contributed by atoms with van der Waals surface area (Å²) in [6, 6.07) is 9.58. The van der Waals surface area contributed by atoms with E-state index in [1.54, 1.807) is 23.4 Å². The number of aromatic nitrogens is 3. The van der Waals surface area contributed by atoms with Gasteiger partial charge in [0, 0.05) is 57.7 Å². The van der Waals surface area contributed by atoms with Crippen LogP contribution in [0.1, 0.15) is 12.0 Å². The van der Waals surface area contributed by atoms with Gasteiger partial charge in [-0.1, -0.05) is 6.07 Å². The standard InChI is InChI=1S/C23H24F3N7O2/c24-23(25,26)17-5-6-19(33-11-3-9-29-33)18(16-17)30-22(35)28-10-7-21(34)32-14-12-31(13-15-32)20-4-1-2-8-27-20/h1-6,8-9,11,16H,7,10,12-15H2,(H2,28,30,35). The number of rotatable bonds is 6. The van der Waals surface area contributed by atoms with E-state index in [-0.39, 0.29) is 30.2 Å². The molecule has 35 heavy (non-hydrogen) atoms. The van der Waals surface area contributed by atoms with Gasteiger partial charge in [-0.05, 0) is 36.4 Å². The number of urea groups is 1. The van der Waals surface area contributed by atoms with E-state index in [1.807, 2.05) is 18.2 Å². The van der Waals surface area contributed by atoms with Crippen molar-refractivity contribution >= 4 is 23.4 Å². The Labute approximate surface area is 199 Å². The SMILES string of the molecule is O=C(NCCC(=O)N1CCN(c2ccccn2)CC1)Nc1cc(C(F)(F)F)ccc1-n1cccn1. The third kappa shape index (κ3) is 6.08. The highest BCUT2D eigenvalue weighted by Crippen LogP contribution is 2.33. The van der Waals surface area contributed by atoms with Crippen LogP contribution in [0, 0.1) is 0 Å². The number of benzene rings is 1. The number of piperazine rings is 1. The van der Waals surface area contributed by atoms with Crippen LogP contribution in [0.4, 0.5) is 29.5 Å². The number of hydrogen-bond acceptors (Lipinski definition) is 5. The van der Waals surface area contributed by atoms with Crippen molar-refractivity contribution < 1.29 is 22.8 Å². The van der Waals surface area contributed by atoms with Crippen molar-refractivity contribution in [2.45, 2.75) is 12.6 Å². The van der Waals surface area contributed by atoms with E-state index >= 15 is 0 Å². The number of halogens is 3. The van der Waals surface area contributed by atoms with Gasteiger partial charge in [0.2, 0.25) is 5.91 Å². The van der Waals surface area contributed by atoms with Gasteiger partial charge in [0.15, 0.2) is 0 Å². The topological polar surface area (TPSA) is 95.4 Å². The van der Waals surface area contributed by atoms with Crippen LogP contribution in [0.25, 0.3) is 5.69 Å². The van der Waals surface area contributed by atoms with Crippen LogP contribution in [0.2, 0.25) is 0 Å². The lowest BCUT2D eigenvalue weighted by molar-refractivity contribution is -0.137. The molecule has 12 heteroatoms. The van der Waals surface area contributed by atoms with E-state index in [2.05, 4.69) is 25.6 Å². The number of nitrogens with zero attached hydrogens (tertiary/aromatic N) is 5. The summed E-state index contributed by atoms with van der Waals surface area (Å²) in [4.78, 5) is 33.1. The molecule has 1 fully saturated rings. The molecule has 0 radical (unpaired) electrons. The molecular weight excluding hydrogens is 463 g/mol. The first-order valence-corrected chi connectivity index (χ1v) is 11.0. The number of carbonyl (C=O) groups excluding carboxylic acids is 2. The van der Waals surface area contributed by atoms with Crippen molar-refractivity contribution in [2.75, 3.05) is 42.9 Å². The van der Waals surface area contributed by atoms with Gasteiger partial charge in [0.1, 0.15) is 5.82 Å². The summed E-state index contributed by atoms with van der Waals surface area (Å²) in [6.45, 7) is 2.43. The Morgan fingerprint density at radius 2 is 1.80 bits per heavy atom. The molecule has 184 valence electrons. The third-order valence-electron chi connectivity index (χ3n) is 5.55. The van der Waals surface area contributed by atoms with Crippen molar-refractivity contribution in [3.8, 4) is 5.69 Å². The number of anilines is 2. The highest BCUT2D eigenvalue weighted by Gasteiger charge is 2.31. The molecule has 1 aromatic carbocycles. The summed E-state index contributed by atoms with van der Waals surface area (Å²) >= 11 is 0. The van der Waals surface area contributed by atoms with Gasteiger partial charge in [-0.25, -0.2) is 14.5 Å². The fourth-order valence-corrected chi connectivity index (χ4v) is 3.76. The quantitative estimate of drug-likeness (QED) is 0.557. The van der Waals surface area contributed by atoms with E-state index in [4.69, 9.17) is 0 Å². The van der Waals surface area contributed by atoms with Crippen molar-refractivity contribution in [3.63, 3.8) is 0 Å². The van der Waals surface area contributed by atoms with Crippen molar-refractivity contribution in [3.05, 3.63) is 66.6 Å². The molecule has 0 bridgehead atoms. The fraction of sp³-hybridized carbons (Fsp3) is 0.304. The van der Waals surface area contributed by atoms with Gasteiger partial charge in [-0.15, -0.1) is 0 Å². The Morgan fingerprint density at radius 1 is 1.00 bits per heavy atom. The van der Waals surface area contributed by atoms with Crippen molar-refractivity contribution in [2.24, 2.45) is 0 Å². The average Bonchev–Trinajstić information content (AvgIpc) is 3.39. The largest absolute Gasteiger partial charge is 0.416 e. The second kappa shape index (κ2) is 10.5. The summed E-state index contributed by atoms with van der Waals surface area (Å²) in [7, 11) is 0. The molecule has 4 rings (SSSR count). The average molecular weight is 487 g/mol. The smallest absolute Gasteiger partial charge is 0.353 e. The molecular formula is C23H24F3N7O2. The number of hydrogen-bond donors (Lipinski definition) is 2. The molecule has 2 N–H and O–H groups in total. The Balaban J connectivity index is 1.29. The minimum atomic E-state index is -4.57. The summed E-state index contributed by atoms with van der Waals surface area (Å²) in [5.41, 5.74) is -0.679. The maximum Gasteiger partial charge on any atom is 0.416 e. The summed E-state index contributed by atoms with van der Waals surface area (Å²) in [5.74, 6) is 0.754. The molecule has 0 atom stereocenters. The third-order valence-corrected chi connectivity index (χ3v) is 5.55.